The van der Waals surface area contributed by atoms with E-state index in [9.17, 15) is 9.18 Å². The van der Waals surface area contributed by atoms with Crippen LogP contribution in [0.1, 0.15) is 22.2 Å². The molecule has 2 heterocycles. The van der Waals surface area contributed by atoms with Crippen LogP contribution < -0.4 is 0 Å². The first-order chi connectivity index (χ1) is 12.5. The summed E-state index contributed by atoms with van der Waals surface area (Å²) >= 11 is 11.9. The summed E-state index contributed by atoms with van der Waals surface area (Å²) in [6, 6.07) is 11.3. The molecule has 0 N–H and O–H groups in total. The molecule has 5 nitrogen and oxygen atoms in total. The fourth-order valence-corrected chi connectivity index (χ4v) is 3.24. The molecular weight excluding hydrogens is 380 g/mol. The van der Waals surface area contributed by atoms with Gasteiger partial charge in [0.2, 0.25) is 11.7 Å². The minimum atomic E-state index is -0.632. The first kappa shape index (κ1) is 17.0. The van der Waals surface area contributed by atoms with Gasteiger partial charge in [-0.05, 0) is 24.3 Å². The Hall–Kier alpha value is -2.44. The van der Waals surface area contributed by atoms with Gasteiger partial charge in [-0.1, -0.05) is 46.6 Å². The monoisotopic (exact) mass is 391 g/mol. The molecule has 1 saturated heterocycles. The van der Waals surface area contributed by atoms with Gasteiger partial charge in [0.05, 0.1) is 16.5 Å². The predicted molar refractivity (Wildman–Crippen MR) is 94.8 cm³/mol. The van der Waals surface area contributed by atoms with Crippen molar-refractivity contribution in [2.75, 3.05) is 13.1 Å². The topological polar surface area (TPSA) is 59.2 Å². The maximum Gasteiger partial charge on any atom is 0.258 e. The van der Waals surface area contributed by atoms with E-state index in [2.05, 4.69) is 10.1 Å². The van der Waals surface area contributed by atoms with Crippen LogP contribution in [-0.4, -0.2) is 34.0 Å². The molecule has 8 heteroatoms. The number of likely N-dealkylation sites (tertiary alicyclic amines) is 1. The van der Waals surface area contributed by atoms with E-state index in [0.29, 0.717) is 29.8 Å². The molecule has 1 amide bonds. The third kappa shape index (κ3) is 3.06. The zero-order valence-corrected chi connectivity index (χ0v) is 14.8. The van der Waals surface area contributed by atoms with Gasteiger partial charge in [-0.15, -0.1) is 0 Å². The Morgan fingerprint density at radius 1 is 1.19 bits per heavy atom. The number of halogens is 3. The van der Waals surface area contributed by atoms with Gasteiger partial charge in [0, 0.05) is 23.7 Å². The van der Waals surface area contributed by atoms with Crippen LogP contribution in [-0.2, 0) is 0 Å². The van der Waals surface area contributed by atoms with Crippen molar-refractivity contribution in [3.8, 4) is 11.4 Å². The number of aromatic nitrogens is 2. The van der Waals surface area contributed by atoms with Crippen molar-refractivity contribution in [3.05, 3.63) is 69.8 Å². The van der Waals surface area contributed by atoms with Gasteiger partial charge in [0.25, 0.3) is 5.91 Å². The van der Waals surface area contributed by atoms with Crippen molar-refractivity contribution < 1.29 is 13.7 Å². The number of hydrogen-bond acceptors (Lipinski definition) is 4. The summed E-state index contributed by atoms with van der Waals surface area (Å²) in [6.45, 7) is 0.724. The zero-order chi connectivity index (χ0) is 18.3. The Kier molecular flexibility index (Phi) is 4.38. The molecule has 3 aromatic rings. The van der Waals surface area contributed by atoms with Crippen molar-refractivity contribution in [2.45, 2.75) is 5.92 Å². The Bertz CT molecular complexity index is 966. The Morgan fingerprint density at radius 3 is 2.69 bits per heavy atom. The molecule has 4 rings (SSSR count). The smallest absolute Gasteiger partial charge is 0.258 e. The molecule has 0 unspecified atom stereocenters. The molecule has 0 radical (unpaired) electrons. The molecule has 1 fully saturated rings. The van der Waals surface area contributed by atoms with Gasteiger partial charge in [0.1, 0.15) is 5.82 Å². The van der Waals surface area contributed by atoms with Crippen LogP contribution in [0.2, 0.25) is 10.0 Å². The van der Waals surface area contributed by atoms with Crippen LogP contribution in [0, 0.1) is 5.82 Å². The molecule has 132 valence electrons. The van der Waals surface area contributed by atoms with Gasteiger partial charge >= 0.3 is 0 Å². The minimum absolute atomic E-state index is 0.0927. The number of nitrogens with zero attached hydrogens (tertiary/aromatic N) is 3. The summed E-state index contributed by atoms with van der Waals surface area (Å²) in [5, 5.41) is 4.63. The molecular formula is C18H12Cl2FN3O2. The number of carbonyl (C=O) groups is 1. The standard InChI is InChI=1S/C18H12Cl2FN3O2/c19-12-4-1-3-10(7-12)16-22-17(26-23-16)11-8-24(9-11)18(25)15-13(20)5-2-6-14(15)21/h1-7,11H,8-9H2. The van der Waals surface area contributed by atoms with E-state index in [-0.39, 0.29) is 16.5 Å². The lowest BCUT2D eigenvalue weighted by Gasteiger charge is -2.37. The van der Waals surface area contributed by atoms with E-state index >= 15 is 0 Å². The lowest BCUT2D eigenvalue weighted by molar-refractivity contribution is 0.0564. The summed E-state index contributed by atoms with van der Waals surface area (Å²) in [4.78, 5) is 18.3. The number of rotatable bonds is 3. The van der Waals surface area contributed by atoms with Crippen LogP contribution in [0.5, 0.6) is 0 Å². The molecule has 0 aliphatic carbocycles. The van der Waals surface area contributed by atoms with Gasteiger partial charge in [-0.25, -0.2) is 4.39 Å². The molecule has 1 aromatic heterocycles. The second-order valence-electron chi connectivity index (χ2n) is 5.97. The highest BCUT2D eigenvalue weighted by Gasteiger charge is 2.37. The van der Waals surface area contributed by atoms with E-state index in [4.69, 9.17) is 27.7 Å². The predicted octanol–water partition coefficient (Wildman–Crippen LogP) is 4.42. The van der Waals surface area contributed by atoms with Crippen molar-refractivity contribution in [2.24, 2.45) is 0 Å². The van der Waals surface area contributed by atoms with E-state index in [1.54, 1.807) is 18.2 Å². The van der Waals surface area contributed by atoms with E-state index < -0.39 is 11.7 Å². The van der Waals surface area contributed by atoms with Gasteiger partial charge in [0.15, 0.2) is 0 Å². The van der Waals surface area contributed by atoms with Gasteiger partial charge in [-0.3, -0.25) is 4.79 Å². The normalized spacial score (nSPS) is 14.3. The van der Waals surface area contributed by atoms with Crippen molar-refractivity contribution in [3.63, 3.8) is 0 Å². The van der Waals surface area contributed by atoms with Crippen LogP contribution in [0.3, 0.4) is 0 Å². The zero-order valence-electron chi connectivity index (χ0n) is 13.3. The average molecular weight is 392 g/mol. The maximum absolute atomic E-state index is 13.9. The second-order valence-corrected chi connectivity index (χ2v) is 6.81. The van der Waals surface area contributed by atoms with Crippen LogP contribution in [0.4, 0.5) is 4.39 Å². The first-order valence-corrected chi connectivity index (χ1v) is 8.61. The van der Waals surface area contributed by atoms with Crippen molar-refractivity contribution in [1.29, 1.82) is 0 Å². The fraction of sp³-hybridized carbons (Fsp3) is 0.167. The maximum atomic E-state index is 13.9. The lowest BCUT2D eigenvalue weighted by atomic mass is 9.98. The summed E-state index contributed by atoms with van der Waals surface area (Å²) in [5.41, 5.74) is 0.635. The molecule has 2 aromatic carbocycles. The molecule has 26 heavy (non-hydrogen) atoms. The number of carbonyl (C=O) groups excluding carboxylic acids is 1. The third-order valence-electron chi connectivity index (χ3n) is 4.22. The van der Waals surface area contributed by atoms with Crippen LogP contribution in [0.25, 0.3) is 11.4 Å². The quantitative estimate of drug-likeness (QED) is 0.662. The molecule has 1 aliphatic rings. The largest absolute Gasteiger partial charge is 0.339 e. The van der Waals surface area contributed by atoms with Gasteiger partial charge < -0.3 is 9.42 Å². The third-order valence-corrected chi connectivity index (χ3v) is 4.77. The minimum Gasteiger partial charge on any atom is -0.339 e. The molecule has 1 aliphatic heterocycles. The van der Waals surface area contributed by atoms with E-state index in [1.165, 1.54) is 23.1 Å². The Balaban J connectivity index is 1.46. The fourth-order valence-electron chi connectivity index (χ4n) is 2.81. The highest BCUT2D eigenvalue weighted by atomic mass is 35.5. The Labute approximate surface area is 158 Å². The second kappa shape index (κ2) is 6.70. The number of benzene rings is 2. The molecule has 0 bridgehead atoms. The summed E-state index contributed by atoms with van der Waals surface area (Å²) < 4.78 is 19.2. The average Bonchev–Trinajstić information content (AvgIpc) is 3.03. The summed E-state index contributed by atoms with van der Waals surface area (Å²) in [6.07, 6.45) is 0. The van der Waals surface area contributed by atoms with Crippen LogP contribution in [0.15, 0.2) is 47.0 Å². The summed E-state index contributed by atoms with van der Waals surface area (Å²) in [7, 11) is 0. The molecule has 0 atom stereocenters. The number of amides is 1. The van der Waals surface area contributed by atoms with E-state index in [0.717, 1.165) is 5.56 Å². The highest BCUT2D eigenvalue weighted by molar-refractivity contribution is 6.33. The number of hydrogen-bond donors (Lipinski definition) is 0. The van der Waals surface area contributed by atoms with Crippen molar-refractivity contribution >= 4 is 29.1 Å². The van der Waals surface area contributed by atoms with E-state index in [1.807, 2.05) is 6.07 Å². The Morgan fingerprint density at radius 2 is 1.96 bits per heavy atom. The molecule has 0 saturated carbocycles. The SMILES string of the molecule is O=C(c1c(F)cccc1Cl)N1CC(c2nc(-c3cccc(Cl)c3)no2)C1. The van der Waals surface area contributed by atoms with Crippen molar-refractivity contribution in [1.82, 2.24) is 15.0 Å². The van der Waals surface area contributed by atoms with Crippen LogP contribution >= 0.6 is 23.2 Å². The van der Waals surface area contributed by atoms with Gasteiger partial charge in [-0.2, -0.15) is 4.98 Å². The highest BCUT2D eigenvalue weighted by Crippen LogP contribution is 2.31. The summed E-state index contributed by atoms with van der Waals surface area (Å²) in [5.74, 6) is -0.302. The lowest BCUT2D eigenvalue weighted by Crippen LogP contribution is -2.48. The first-order valence-electron chi connectivity index (χ1n) is 7.86. The molecule has 0 spiro atoms.